The summed E-state index contributed by atoms with van der Waals surface area (Å²) >= 11 is 0. The van der Waals surface area contributed by atoms with Crippen molar-refractivity contribution in [2.45, 2.75) is 38.0 Å². The molecular weight excluding hydrogens is 410 g/mol. The highest BCUT2D eigenvalue weighted by atomic mass is 32.2. The minimum absolute atomic E-state index is 0.0450. The van der Waals surface area contributed by atoms with E-state index in [4.69, 9.17) is 4.74 Å². The summed E-state index contributed by atoms with van der Waals surface area (Å²) in [6.45, 7) is 8.59. The summed E-state index contributed by atoms with van der Waals surface area (Å²) in [6, 6.07) is 21.5. The predicted molar refractivity (Wildman–Crippen MR) is 123 cm³/mol. The summed E-state index contributed by atoms with van der Waals surface area (Å²) < 4.78 is 33.2. The van der Waals surface area contributed by atoms with Crippen LogP contribution in [0.1, 0.15) is 43.6 Å². The lowest BCUT2D eigenvalue weighted by molar-refractivity contribution is 0.101. The van der Waals surface area contributed by atoms with Crippen molar-refractivity contribution in [2.24, 2.45) is 0 Å². The van der Waals surface area contributed by atoms with Crippen LogP contribution in [0.25, 0.3) is 0 Å². The fourth-order valence-electron chi connectivity index (χ4n) is 3.14. The molecule has 0 N–H and O–H groups in total. The zero-order valence-corrected chi connectivity index (χ0v) is 19.0. The second-order valence-electron chi connectivity index (χ2n) is 8.14. The predicted octanol–water partition coefficient (Wildman–Crippen LogP) is 5.42. The summed E-state index contributed by atoms with van der Waals surface area (Å²) in [5, 5.41) is 0. The number of nitrogens with zero attached hydrogens (tertiary/aromatic N) is 1. The quantitative estimate of drug-likeness (QED) is 0.517. The van der Waals surface area contributed by atoms with Crippen LogP contribution in [0, 0.1) is 0 Å². The van der Waals surface area contributed by atoms with Crippen LogP contribution in [0.15, 0.2) is 83.8 Å². The van der Waals surface area contributed by atoms with Gasteiger partial charge in [0.05, 0.1) is 17.2 Å². The molecule has 0 aliphatic rings. The van der Waals surface area contributed by atoms with E-state index in [0.717, 1.165) is 9.87 Å². The molecule has 31 heavy (non-hydrogen) atoms. The second-order valence-corrected chi connectivity index (χ2v) is 9.93. The number of ether oxygens (including phenoxy) is 1. The topological polar surface area (TPSA) is 63.7 Å². The Morgan fingerprint density at radius 3 is 1.97 bits per heavy atom. The van der Waals surface area contributed by atoms with E-state index >= 15 is 0 Å². The SMILES string of the molecule is CCOc1ccc(N(C(=O)c2ccc(C(C)(C)C)cc2)S(=O)(=O)c2ccccc2)cc1. The molecule has 0 fully saturated rings. The van der Waals surface area contributed by atoms with Crippen LogP contribution in [-0.4, -0.2) is 20.9 Å². The Morgan fingerprint density at radius 2 is 1.45 bits per heavy atom. The standard InChI is InChI=1S/C25H27NO4S/c1-5-30-22-17-15-21(16-18-22)26(31(28,29)23-9-7-6-8-10-23)24(27)19-11-13-20(14-12-19)25(2,3)4/h6-18H,5H2,1-4H3. The Morgan fingerprint density at radius 1 is 0.871 bits per heavy atom. The van der Waals surface area contributed by atoms with Crippen molar-refractivity contribution in [2.75, 3.05) is 10.9 Å². The monoisotopic (exact) mass is 437 g/mol. The molecule has 0 bridgehead atoms. The van der Waals surface area contributed by atoms with Gasteiger partial charge in [0, 0.05) is 5.56 Å². The third kappa shape index (κ3) is 4.97. The maximum absolute atomic E-state index is 13.5. The summed E-state index contributed by atoms with van der Waals surface area (Å²) in [5.41, 5.74) is 1.52. The van der Waals surface area contributed by atoms with Gasteiger partial charge in [0.25, 0.3) is 15.9 Å². The molecule has 3 aromatic carbocycles. The molecule has 0 atom stereocenters. The van der Waals surface area contributed by atoms with Gasteiger partial charge in [-0.15, -0.1) is 0 Å². The zero-order chi connectivity index (χ0) is 22.6. The first kappa shape index (κ1) is 22.6. The van der Waals surface area contributed by atoms with Crippen molar-refractivity contribution in [1.29, 1.82) is 0 Å². The molecule has 5 nitrogen and oxygen atoms in total. The average molecular weight is 438 g/mol. The molecule has 162 valence electrons. The van der Waals surface area contributed by atoms with Crippen LogP contribution in [0.4, 0.5) is 5.69 Å². The van der Waals surface area contributed by atoms with Gasteiger partial charge < -0.3 is 4.74 Å². The van der Waals surface area contributed by atoms with Gasteiger partial charge in [-0.2, -0.15) is 4.31 Å². The van der Waals surface area contributed by atoms with E-state index in [2.05, 4.69) is 20.8 Å². The van der Waals surface area contributed by atoms with Crippen molar-refractivity contribution in [3.63, 3.8) is 0 Å². The van der Waals surface area contributed by atoms with E-state index in [1.165, 1.54) is 12.1 Å². The summed E-state index contributed by atoms with van der Waals surface area (Å²) in [4.78, 5) is 13.5. The van der Waals surface area contributed by atoms with Crippen molar-refractivity contribution in [1.82, 2.24) is 0 Å². The molecule has 0 heterocycles. The van der Waals surface area contributed by atoms with Gasteiger partial charge in [0.2, 0.25) is 0 Å². The van der Waals surface area contributed by atoms with Gasteiger partial charge in [-0.25, -0.2) is 8.42 Å². The van der Waals surface area contributed by atoms with Crippen LogP contribution in [-0.2, 0) is 15.4 Å². The number of benzene rings is 3. The minimum atomic E-state index is -4.12. The number of rotatable bonds is 6. The molecule has 0 radical (unpaired) electrons. The number of hydrogen-bond acceptors (Lipinski definition) is 4. The average Bonchev–Trinajstić information content (AvgIpc) is 2.75. The minimum Gasteiger partial charge on any atom is -0.494 e. The lowest BCUT2D eigenvalue weighted by atomic mass is 9.87. The Kier molecular flexibility index (Phi) is 6.51. The van der Waals surface area contributed by atoms with Crippen molar-refractivity contribution in [3.05, 3.63) is 90.0 Å². The molecule has 0 saturated heterocycles. The Labute approximate surface area is 184 Å². The Bertz CT molecular complexity index is 1130. The lowest BCUT2D eigenvalue weighted by Crippen LogP contribution is -2.37. The third-order valence-corrected chi connectivity index (χ3v) is 6.57. The Balaban J connectivity index is 2.08. The third-order valence-electron chi connectivity index (χ3n) is 4.85. The van der Waals surface area contributed by atoms with E-state index in [1.807, 2.05) is 19.1 Å². The van der Waals surface area contributed by atoms with Crippen molar-refractivity contribution < 1.29 is 17.9 Å². The molecule has 0 aliphatic carbocycles. The fraction of sp³-hybridized carbons (Fsp3) is 0.240. The van der Waals surface area contributed by atoms with Crippen LogP contribution >= 0.6 is 0 Å². The number of amides is 1. The van der Waals surface area contributed by atoms with Gasteiger partial charge in [-0.05, 0) is 66.4 Å². The molecule has 0 spiro atoms. The zero-order valence-electron chi connectivity index (χ0n) is 18.2. The van der Waals surface area contributed by atoms with Crippen LogP contribution in [0.5, 0.6) is 5.75 Å². The molecule has 0 aliphatic heterocycles. The van der Waals surface area contributed by atoms with Crippen LogP contribution in [0.2, 0.25) is 0 Å². The van der Waals surface area contributed by atoms with Gasteiger partial charge in [0.1, 0.15) is 5.75 Å². The second kappa shape index (κ2) is 8.94. The molecule has 0 unspecified atom stereocenters. The Hall–Kier alpha value is -3.12. The number of carbonyl (C=O) groups excluding carboxylic acids is 1. The van der Waals surface area contributed by atoms with Crippen LogP contribution in [0.3, 0.4) is 0 Å². The van der Waals surface area contributed by atoms with Gasteiger partial charge in [-0.1, -0.05) is 51.1 Å². The maximum atomic E-state index is 13.5. The number of carbonyl (C=O) groups is 1. The summed E-state index contributed by atoms with van der Waals surface area (Å²) in [7, 11) is -4.12. The highest BCUT2D eigenvalue weighted by Crippen LogP contribution is 2.29. The normalized spacial score (nSPS) is 11.7. The number of sulfonamides is 1. The molecular formula is C25H27NO4S. The molecule has 0 aromatic heterocycles. The van der Waals surface area contributed by atoms with E-state index < -0.39 is 15.9 Å². The summed E-state index contributed by atoms with van der Waals surface area (Å²) in [5.74, 6) is -0.0150. The maximum Gasteiger partial charge on any atom is 0.272 e. The molecule has 3 rings (SSSR count). The highest BCUT2D eigenvalue weighted by molar-refractivity contribution is 7.93. The molecule has 3 aromatic rings. The molecule has 0 saturated carbocycles. The number of hydrogen-bond donors (Lipinski definition) is 0. The molecule has 1 amide bonds. The first-order valence-corrected chi connectivity index (χ1v) is 11.6. The van der Waals surface area contributed by atoms with Gasteiger partial charge in [-0.3, -0.25) is 4.79 Å². The first-order valence-electron chi connectivity index (χ1n) is 10.1. The van der Waals surface area contributed by atoms with Crippen molar-refractivity contribution in [3.8, 4) is 5.75 Å². The van der Waals surface area contributed by atoms with Gasteiger partial charge >= 0.3 is 0 Å². The van der Waals surface area contributed by atoms with E-state index in [9.17, 15) is 13.2 Å². The van der Waals surface area contributed by atoms with Crippen LogP contribution < -0.4 is 9.04 Å². The fourth-order valence-corrected chi connectivity index (χ4v) is 4.57. The number of anilines is 1. The largest absolute Gasteiger partial charge is 0.494 e. The highest BCUT2D eigenvalue weighted by Gasteiger charge is 2.32. The first-order chi connectivity index (χ1) is 14.6. The van der Waals surface area contributed by atoms with Gasteiger partial charge in [0.15, 0.2) is 0 Å². The van der Waals surface area contributed by atoms with E-state index in [1.54, 1.807) is 54.6 Å². The smallest absolute Gasteiger partial charge is 0.272 e. The lowest BCUT2D eigenvalue weighted by Gasteiger charge is -2.24. The van der Waals surface area contributed by atoms with E-state index in [-0.39, 0.29) is 16.0 Å². The van der Waals surface area contributed by atoms with E-state index in [0.29, 0.717) is 17.9 Å². The van der Waals surface area contributed by atoms with Crippen molar-refractivity contribution >= 4 is 21.6 Å². The molecule has 6 heteroatoms. The summed E-state index contributed by atoms with van der Waals surface area (Å²) in [6.07, 6.45) is 0.